The van der Waals surface area contributed by atoms with E-state index < -0.39 is 12.6 Å². The summed E-state index contributed by atoms with van der Waals surface area (Å²) in [6.45, 7) is 4.07. The molecule has 2 aromatic carbocycles. The van der Waals surface area contributed by atoms with Gasteiger partial charge in [-0.15, -0.1) is 0 Å². The molecule has 1 unspecified atom stereocenters. The van der Waals surface area contributed by atoms with Crippen molar-refractivity contribution in [2.75, 3.05) is 20.3 Å². The maximum Gasteiger partial charge on any atom is 0.341 e. The van der Waals surface area contributed by atoms with E-state index in [0.717, 1.165) is 17.7 Å². The van der Waals surface area contributed by atoms with Crippen molar-refractivity contribution in [2.45, 2.75) is 26.3 Å². The highest BCUT2D eigenvalue weighted by Crippen LogP contribution is 2.19. The van der Waals surface area contributed by atoms with E-state index in [1.54, 1.807) is 36.3 Å². The highest BCUT2D eigenvalue weighted by atomic mass is 16.5. The smallest absolute Gasteiger partial charge is 0.341 e. The molecule has 0 heterocycles. The normalized spacial score (nSPS) is 11.5. The number of hydrogen-bond donors (Lipinski definition) is 1. The lowest BCUT2D eigenvalue weighted by Crippen LogP contribution is -2.39. The Morgan fingerprint density at radius 1 is 1.11 bits per heavy atom. The first-order chi connectivity index (χ1) is 12.9. The van der Waals surface area contributed by atoms with Crippen LogP contribution in [0.3, 0.4) is 0 Å². The lowest BCUT2D eigenvalue weighted by atomic mass is 10.0. The molecule has 0 aromatic heterocycles. The van der Waals surface area contributed by atoms with Gasteiger partial charge in [0.15, 0.2) is 6.61 Å². The highest BCUT2D eigenvalue weighted by Gasteiger charge is 2.21. The Hall–Kier alpha value is -3.02. The first kappa shape index (κ1) is 20.3. The first-order valence-corrected chi connectivity index (χ1v) is 8.83. The molecule has 144 valence electrons. The van der Waals surface area contributed by atoms with Crippen molar-refractivity contribution in [1.29, 1.82) is 0 Å². The molecule has 2 rings (SSSR count). The van der Waals surface area contributed by atoms with Crippen molar-refractivity contribution in [3.05, 3.63) is 59.7 Å². The fourth-order valence-corrected chi connectivity index (χ4v) is 2.90. The van der Waals surface area contributed by atoms with Crippen molar-refractivity contribution < 1.29 is 24.2 Å². The number of carboxylic acid groups (broad SMARTS) is 1. The highest BCUT2D eigenvalue weighted by molar-refractivity contribution is 5.94. The van der Waals surface area contributed by atoms with Gasteiger partial charge in [-0.25, -0.2) is 4.79 Å². The zero-order valence-corrected chi connectivity index (χ0v) is 15.8. The van der Waals surface area contributed by atoms with Gasteiger partial charge in [0.05, 0.1) is 7.11 Å². The second-order valence-electron chi connectivity index (χ2n) is 6.20. The largest absolute Gasteiger partial charge is 0.497 e. The summed E-state index contributed by atoms with van der Waals surface area (Å²) in [4.78, 5) is 25.4. The van der Waals surface area contributed by atoms with Crippen molar-refractivity contribution in [1.82, 2.24) is 4.90 Å². The topological polar surface area (TPSA) is 76.1 Å². The Bertz CT molecular complexity index is 772. The van der Waals surface area contributed by atoms with E-state index in [9.17, 15) is 9.59 Å². The van der Waals surface area contributed by atoms with Gasteiger partial charge in [0, 0.05) is 18.2 Å². The van der Waals surface area contributed by atoms with Gasteiger partial charge in [-0.1, -0.05) is 18.2 Å². The number of benzene rings is 2. The van der Waals surface area contributed by atoms with E-state index in [4.69, 9.17) is 14.6 Å². The summed E-state index contributed by atoms with van der Waals surface area (Å²) < 4.78 is 10.3. The summed E-state index contributed by atoms with van der Waals surface area (Å²) in [5, 5.41) is 8.72. The van der Waals surface area contributed by atoms with Crippen molar-refractivity contribution in [3.8, 4) is 11.5 Å². The van der Waals surface area contributed by atoms with Crippen LogP contribution in [0.1, 0.15) is 29.8 Å². The molecule has 0 aliphatic carbocycles. The summed E-state index contributed by atoms with van der Waals surface area (Å²) in [6, 6.07) is 14.4. The van der Waals surface area contributed by atoms with E-state index >= 15 is 0 Å². The lowest BCUT2D eigenvalue weighted by molar-refractivity contribution is -0.139. The van der Waals surface area contributed by atoms with Gasteiger partial charge in [0.1, 0.15) is 11.5 Å². The molecule has 1 amide bonds. The Kier molecular flexibility index (Phi) is 7.23. The Labute approximate surface area is 159 Å². The monoisotopic (exact) mass is 371 g/mol. The van der Waals surface area contributed by atoms with Crippen molar-refractivity contribution in [3.63, 3.8) is 0 Å². The van der Waals surface area contributed by atoms with Crippen LogP contribution in [0.4, 0.5) is 0 Å². The van der Waals surface area contributed by atoms with Crippen LogP contribution in [0.25, 0.3) is 0 Å². The quantitative estimate of drug-likeness (QED) is 0.732. The second-order valence-corrected chi connectivity index (χ2v) is 6.20. The van der Waals surface area contributed by atoms with Gasteiger partial charge in [-0.2, -0.15) is 0 Å². The van der Waals surface area contributed by atoms with Crippen molar-refractivity contribution >= 4 is 11.9 Å². The molecule has 1 N–H and O–H groups in total. The van der Waals surface area contributed by atoms with Crippen LogP contribution < -0.4 is 9.47 Å². The van der Waals surface area contributed by atoms with Crippen LogP contribution >= 0.6 is 0 Å². The third-order valence-electron chi connectivity index (χ3n) is 4.27. The molecule has 0 spiro atoms. The lowest BCUT2D eigenvalue weighted by Gasteiger charge is -2.28. The zero-order valence-electron chi connectivity index (χ0n) is 15.8. The van der Waals surface area contributed by atoms with Crippen LogP contribution in [0.15, 0.2) is 48.5 Å². The standard InChI is InChI=1S/C21H25NO5/c1-4-22(15(2)12-16-8-10-18(26-3)11-9-16)21(25)17-6-5-7-19(13-17)27-14-20(23)24/h5-11,13,15H,4,12,14H2,1-3H3,(H,23,24). The minimum atomic E-state index is -1.06. The molecule has 27 heavy (non-hydrogen) atoms. The molecule has 6 heteroatoms. The van der Waals surface area contributed by atoms with Gasteiger partial charge < -0.3 is 19.5 Å². The minimum absolute atomic E-state index is 0.000473. The average molecular weight is 371 g/mol. The minimum Gasteiger partial charge on any atom is -0.497 e. The fraction of sp³-hybridized carbons (Fsp3) is 0.333. The number of carbonyl (C=O) groups is 2. The summed E-state index contributed by atoms with van der Waals surface area (Å²) in [6.07, 6.45) is 0.721. The SMILES string of the molecule is CCN(C(=O)c1cccc(OCC(=O)O)c1)C(C)Cc1ccc(OC)cc1. The molecule has 6 nitrogen and oxygen atoms in total. The number of rotatable bonds is 9. The molecular formula is C21H25NO5. The van der Waals surface area contributed by atoms with Crippen molar-refractivity contribution in [2.24, 2.45) is 0 Å². The van der Waals surface area contributed by atoms with Crippen LogP contribution in [-0.4, -0.2) is 48.2 Å². The van der Waals surface area contributed by atoms with Gasteiger partial charge >= 0.3 is 5.97 Å². The number of aliphatic carboxylic acids is 1. The predicted molar refractivity (Wildman–Crippen MR) is 102 cm³/mol. The van der Waals surface area contributed by atoms with E-state index in [0.29, 0.717) is 17.9 Å². The van der Waals surface area contributed by atoms with Crippen LogP contribution in [-0.2, 0) is 11.2 Å². The second kappa shape index (κ2) is 9.62. The molecule has 0 saturated heterocycles. The number of amides is 1. The van der Waals surface area contributed by atoms with E-state index in [-0.39, 0.29) is 11.9 Å². The molecule has 1 atom stereocenters. The van der Waals surface area contributed by atoms with Gasteiger partial charge in [-0.05, 0) is 56.2 Å². The van der Waals surface area contributed by atoms with E-state index in [1.165, 1.54) is 0 Å². The number of nitrogens with zero attached hydrogens (tertiary/aromatic N) is 1. The van der Waals surface area contributed by atoms with Crippen LogP contribution in [0.5, 0.6) is 11.5 Å². The maximum absolute atomic E-state index is 12.9. The number of likely N-dealkylation sites (N-methyl/N-ethyl adjacent to an activating group) is 1. The zero-order chi connectivity index (χ0) is 19.8. The van der Waals surface area contributed by atoms with E-state index in [1.807, 2.05) is 38.1 Å². The summed E-state index contributed by atoms with van der Waals surface area (Å²) in [5.41, 5.74) is 1.59. The van der Waals surface area contributed by atoms with Crippen LogP contribution in [0.2, 0.25) is 0 Å². The first-order valence-electron chi connectivity index (χ1n) is 8.83. The molecule has 0 bridgehead atoms. The summed E-state index contributed by atoms with van der Waals surface area (Å²) in [7, 11) is 1.63. The molecule has 0 aliphatic rings. The van der Waals surface area contributed by atoms with Gasteiger partial charge in [0.25, 0.3) is 5.91 Å². The number of ether oxygens (including phenoxy) is 2. The van der Waals surface area contributed by atoms with Gasteiger partial charge in [0.2, 0.25) is 0 Å². The molecular weight excluding hydrogens is 346 g/mol. The van der Waals surface area contributed by atoms with Gasteiger partial charge in [-0.3, -0.25) is 4.79 Å². The number of hydrogen-bond acceptors (Lipinski definition) is 4. The third kappa shape index (κ3) is 5.74. The molecule has 0 aliphatic heterocycles. The van der Waals surface area contributed by atoms with E-state index in [2.05, 4.69) is 0 Å². The Morgan fingerprint density at radius 3 is 2.41 bits per heavy atom. The molecule has 0 saturated carbocycles. The molecule has 2 aromatic rings. The third-order valence-corrected chi connectivity index (χ3v) is 4.27. The maximum atomic E-state index is 12.9. The fourth-order valence-electron chi connectivity index (χ4n) is 2.90. The predicted octanol–water partition coefficient (Wildman–Crippen LogP) is 3.25. The Balaban J connectivity index is 2.09. The molecule has 0 radical (unpaired) electrons. The Morgan fingerprint density at radius 2 is 1.81 bits per heavy atom. The summed E-state index contributed by atoms with van der Waals surface area (Å²) >= 11 is 0. The summed E-state index contributed by atoms with van der Waals surface area (Å²) in [5.74, 6) is -0.00979. The number of carbonyl (C=O) groups excluding carboxylic acids is 1. The average Bonchev–Trinajstić information content (AvgIpc) is 2.67. The number of carboxylic acids is 1. The van der Waals surface area contributed by atoms with Crippen LogP contribution in [0, 0.1) is 0 Å². The number of methoxy groups -OCH3 is 1. The molecule has 0 fully saturated rings.